The van der Waals surface area contributed by atoms with Crippen LogP contribution in [0.25, 0.3) is 0 Å². The van der Waals surface area contributed by atoms with Gasteiger partial charge in [0, 0.05) is 23.3 Å². The Balaban J connectivity index is 2.36. The molecule has 0 unspecified atom stereocenters. The number of nitriles is 1. The minimum absolute atomic E-state index is 0.0395. The second kappa shape index (κ2) is 5.60. The molecule has 0 amide bonds. The molecule has 2 heterocycles. The van der Waals surface area contributed by atoms with Gasteiger partial charge in [0.1, 0.15) is 17.4 Å². The van der Waals surface area contributed by atoms with Crippen LogP contribution >= 0.6 is 15.9 Å². The lowest BCUT2D eigenvalue weighted by Crippen LogP contribution is -2.31. The summed E-state index contributed by atoms with van der Waals surface area (Å²) in [5.74, 6) is -0.0924. The van der Waals surface area contributed by atoms with E-state index in [-0.39, 0.29) is 17.0 Å². The maximum atomic E-state index is 12.8. The van der Waals surface area contributed by atoms with Crippen molar-refractivity contribution in [3.05, 3.63) is 73.4 Å². The molecule has 0 fully saturated rings. The molecule has 0 saturated heterocycles. The molecule has 23 heavy (non-hydrogen) atoms. The third-order valence-corrected chi connectivity index (χ3v) is 4.53. The second-order valence-electron chi connectivity index (χ2n) is 5.41. The summed E-state index contributed by atoms with van der Waals surface area (Å²) in [7, 11) is 1.70. The number of aryl methyl sites for hydroxylation is 1. The number of aromatic nitrogens is 1. The van der Waals surface area contributed by atoms with Crippen LogP contribution in [0.2, 0.25) is 0 Å². The third kappa shape index (κ3) is 2.43. The van der Waals surface area contributed by atoms with E-state index in [2.05, 4.69) is 22.0 Å². The van der Waals surface area contributed by atoms with Crippen molar-refractivity contribution in [2.75, 3.05) is 0 Å². The van der Waals surface area contributed by atoms with Crippen LogP contribution in [0.15, 0.2) is 51.1 Å². The summed E-state index contributed by atoms with van der Waals surface area (Å²) >= 11 is 3.43. The summed E-state index contributed by atoms with van der Waals surface area (Å²) in [5, 5.41) is 9.51. The topological polar surface area (TPSA) is 81.0 Å². The van der Waals surface area contributed by atoms with E-state index in [1.54, 1.807) is 17.7 Å². The molecule has 1 aliphatic heterocycles. The molecule has 3 rings (SSSR count). The molecule has 0 aliphatic carbocycles. The largest absolute Gasteiger partial charge is 0.440 e. The third-order valence-electron chi connectivity index (χ3n) is 4.03. The predicted octanol–water partition coefficient (Wildman–Crippen LogP) is 2.67. The Kier molecular flexibility index (Phi) is 3.74. The number of benzene rings is 1. The Morgan fingerprint density at radius 3 is 2.78 bits per heavy atom. The van der Waals surface area contributed by atoms with Gasteiger partial charge in [0.25, 0.3) is 5.56 Å². The minimum atomic E-state index is -0.541. The van der Waals surface area contributed by atoms with E-state index in [4.69, 9.17) is 10.5 Å². The smallest absolute Gasteiger partial charge is 0.258 e. The number of ether oxygens (including phenoxy) is 1. The first-order valence-electron chi connectivity index (χ1n) is 6.97. The molecule has 116 valence electrons. The highest BCUT2D eigenvalue weighted by Gasteiger charge is 2.33. The summed E-state index contributed by atoms with van der Waals surface area (Å²) in [6.07, 6.45) is 0. The number of nitrogens with zero attached hydrogens (tertiary/aromatic N) is 2. The molecule has 1 aromatic heterocycles. The fourth-order valence-electron chi connectivity index (χ4n) is 2.76. The van der Waals surface area contributed by atoms with Gasteiger partial charge in [0.05, 0.1) is 11.5 Å². The molecule has 1 atom stereocenters. The van der Waals surface area contributed by atoms with Crippen LogP contribution in [0.5, 0.6) is 5.75 Å². The highest BCUT2D eigenvalue weighted by atomic mass is 79.9. The maximum absolute atomic E-state index is 12.8. The van der Waals surface area contributed by atoms with Crippen molar-refractivity contribution in [3.63, 3.8) is 0 Å². The van der Waals surface area contributed by atoms with Gasteiger partial charge in [-0.15, -0.1) is 0 Å². The molecule has 2 aromatic rings. The number of hydrogen-bond donors (Lipinski definition) is 1. The van der Waals surface area contributed by atoms with Gasteiger partial charge in [-0.3, -0.25) is 4.79 Å². The molecule has 0 bridgehead atoms. The average Bonchev–Trinajstić information content (AvgIpc) is 2.51. The molecule has 1 aromatic carbocycles. The normalized spacial score (nSPS) is 16.5. The molecular formula is C17H14BrN3O2. The van der Waals surface area contributed by atoms with Crippen molar-refractivity contribution in [2.24, 2.45) is 12.8 Å². The van der Waals surface area contributed by atoms with Crippen molar-refractivity contribution >= 4 is 15.9 Å². The summed E-state index contributed by atoms with van der Waals surface area (Å²) in [6.45, 7) is 1.82. The zero-order valence-electron chi connectivity index (χ0n) is 12.6. The van der Waals surface area contributed by atoms with Crippen LogP contribution < -0.4 is 16.0 Å². The van der Waals surface area contributed by atoms with Gasteiger partial charge in [-0.1, -0.05) is 28.1 Å². The molecule has 6 heteroatoms. The molecule has 0 saturated carbocycles. The standard InChI is InChI=1S/C17H14BrN3O2/c1-9-6-13-15(17(22)21(9)2)14(12(8-19)16(20)23-13)10-4-3-5-11(18)7-10/h3-7,14H,20H2,1-2H3/t14-/m0/s1. The van der Waals surface area contributed by atoms with Gasteiger partial charge in [0.15, 0.2) is 0 Å². The quantitative estimate of drug-likeness (QED) is 0.835. The lowest BCUT2D eigenvalue weighted by molar-refractivity contribution is 0.389. The van der Waals surface area contributed by atoms with Crippen LogP contribution in [0.4, 0.5) is 0 Å². The van der Waals surface area contributed by atoms with Crippen molar-refractivity contribution in [2.45, 2.75) is 12.8 Å². The Hall–Kier alpha value is -2.52. The summed E-state index contributed by atoms with van der Waals surface area (Å²) < 4.78 is 7.95. The van der Waals surface area contributed by atoms with Crippen LogP contribution in [0, 0.1) is 18.3 Å². The Labute approximate surface area is 141 Å². The maximum Gasteiger partial charge on any atom is 0.258 e. The number of allylic oxidation sites excluding steroid dienone is 1. The number of hydrogen-bond acceptors (Lipinski definition) is 4. The van der Waals surface area contributed by atoms with Crippen molar-refractivity contribution in [3.8, 4) is 11.8 Å². The number of nitrogens with two attached hydrogens (primary N) is 1. The van der Waals surface area contributed by atoms with Crippen LogP contribution in [0.1, 0.15) is 22.7 Å². The van der Waals surface area contributed by atoms with Gasteiger partial charge in [-0.05, 0) is 24.6 Å². The van der Waals surface area contributed by atoms with Crippen LogP contribution in [0.3, 0.4) is 0 Å². The summed E-state index contributed by atoms with van der Waals surface area (Å²) in [5.41, 5.74) is 7.98. The number of rotatable bonds is 1. The fraction of sp³-hybridized carbons (Fsp3) is 0.176. The molecule has 5 nitrogen and oxygen atoms in total. The fourth-order valence-corrected chi connectivity index (χ4v) is 3.18. The van der Waals surface area contributed by atoms with E-state index in [1.807, 2.05) is 31.2 Å². The molecule has 0 radical (unpaired) electrons. The molecule has 1 aliphatic rings. The van der Waals surface area contributed by atoms with E-state index < -0.39 is 5.92 Å². The zero-order valence-corrected chi connectivity index (χ0v) is 14.2. The van der Waals surface area contributed by atoms with Gasteiger partial charge in [-0.25, -0.2) is 0 Å². The van der Waals surface area contributed by atoms with E-state index in [1.165, 1.54) is 0 Å². The molecular weight excluding hydrogens is 358 g/mol. The first-order valence-corrected chi connectivity index (χ1v) is 7.77. The Morgan fingerprint density at radius 1 is 1.39 bits per heavy atom. The highest BCUT2D eigenvalue weighted by Crippen LogP contribution is 2.40. The first kappa shape index (κ1) is 15.4. The minimum Gasteiger partial charge on any atom is -0.440 e. The zero-order chi connectivity index (χ0) is 16.7. The van der Waals surface area contributed by atoms with Crippen molar-refractivity contribution < 1.29 is 4.74 Å². The van der Waals surface area contributed by atoms with E-state index >= 15 is 0 Å². The van der Waals surface area contributed by atoms with Gasteiger partial charge in [0.2, 0.25) is 5.88 Å². The van der Waals surface area contributed by atoms with Crippen LogP contribution in [-0.4, -0.2) is 4.57 Å². The first-order chi connectivity index (χ1) is 10.9. The lowest BCUT2D eigenvalue weighted by atomic mass is 9.84. The Morgan fingerprint density at radius 2 is 2.13 bits per heavy atom. The highest BCUT2D eigenvalue weighted by molar-refractivity contribution is 9.10. The SMILES string of the molecule is Cc1cc2c(c(=O)n1C)[C@@H](c1cccc(Br)c1)C(C#N)=C(N)O2. The number of pyridine rings is 1. The summed E-state index contributed by atoms with van der Waals surface area (Å²) in [6, 6.07) is 11.3. The van der Waals surface area contributed by atoms with Gasteiger partial charge in [-0.2, -0.15) is 5.26 Å². The van der Waals surface area contributed by atoms with Crippen molar-refractivity contribution in [1.29, 1.82) is 5.26 Å². The predicted molar refractivity (Wildman–Crippen MR) is 89.9 cm³/mol. The number of halogens is 1. The Bertz CT molecular complexity index is 938. The lowest BCUT2D eigenvalue weighted by Gasteiger charge is -2.26. The average molecular weight is 372 g/mol. The van der Waals surface area contributed by atoms with Crippen molar-refractivity contribution in [1.82, 2.24) is 4.57 Å². The molecule has 2 N–H and O–H groups in total. The van der Waals surface area contributed by atoms with Gasteiger partial charge >= 0.3 is 0 Å². The monoisotopic (exact) mass is 371 g/mol. The van der Waals surface area contributed by atoms with E-state index in [0.717, 1.165) is 15.7 Å². The second-order valence-corrected chi connectivity index (χ2v) is 6.32. The number of fused-ring (bicyclic) bond motifs is 1. The summed E-state index contributed by atoms with van der Waals surface area (Å²) in [4.78, 5) is 12.8. The van der Waals surface area contributed by atoms with Gasteiger partial charge < -0.3 is 15.0 Å². The van der Waals surface area contributed by atoms with Crippen LogP contribution in [-0.2, 0) is 7.05 Å². The molecule has 0 spiro atoms. The van der Waals surface area contributed by atoms with E-state index in [0.29, 0.717) is 11.3 Å². The van der Waals surface area contributed by atoms with E-state index in [9.17, 15) is 10.1 Å².